The first-order valence-electron chi connectivity index (χ1n) is 8.69. The first kappa shape index (κ1) is 19.3. The lowest BCUT2D eigenvalue weighted by molar-refractivity contribution is -0.116. The highest BCUT2D eigenvalue weighted by Gasteiger charge is 2.16. The van der Waals surface area contributed by atoms with Crippen LogP contribution in [0.15, 0.2) is 53.6 Å². The molecule has 30 heavy (non-hydrogen) atoms. The van der Waals surface area contributed by atoms with Gasteiger partial charge in [0.25, 0.3) is 5.56 Å². The normalized spacial score (nSPS) is 11.0. The van der Waals surface area contributed by atoms with Crippen molar-refractivity contribution < 1.29 is 18.0 Å². The van der Waals surface area contributed by atoms with Gasteiger partial charge in [-0.2, -0.15) is 0 Å². The summed E-state index contributed by atoms with van der Waals surface area (Å²) in [5.74, 6) is -2.88. The quantitative estimate of drug-likeness (QED) is 0.540. The highest BCUT2D eigenvalue weighted by molar-refractivity contribution is 5.90. The van der Waals surface area contributed by atoms with E-state index in [0.717, 1.165) is 23.0 Å². The second-order valence-corrected chi connectivity index (χ2v) is 6.36. The second kappa shape index (κ2) is 7.78. The van der Waals surface area contributed by atoms with Crippen molar-refractivity contribution >= 4 is 22.8 Å². The fourth-order valence-electron chi connectivity index (χ4n) is 2.83. The molecule has 0 saturated carbocycles. The average molecular weight is 414 g/mol. The van der Waals surface area contributed by atoms with Gasteiger partial charge in [0.15, 0.2) is 11.2 Å². The van der Waals surface area contributed by atoms with Crippen LogP contribution in [0.1, 0.15) is 5.56 Å². The van der Waals surface area contributed by atoms with Crippen molar-refractivity contribution in [2.45, 2.75) is 13.1 Å². The van der Waals surface area contributed by atoms with Crippen LogP contribution in [-0.4, -0.2) is 30.5 Å². The Kier molecular flexibility index (Phi) is 5.00. The van der Waals surface area contributed by atoms with Gasteiger partial charge in [-0.25, -0.2) is 22.8 Å². The van der Waals surface area contributed by atoms with Crippen molar-refractivity contribution in [1.29, 1.82) is 0 Å². The Balaban J connectivity index is 1.56. The van der Waals surface area contributed by atoms with Gasteiger partial charge in [0.1, 0.15) is 30.3 Å². The first-order valence-corrected chi connectivity index (χ1v) is 8.69. The Bertz CT molecular complexity index is 1320. The molecule has 2 aromatic carbocycles. The lowest BCUT2D eigenvalue weighted by Crippen LogP contribution is -2.28. The largest absolute Gasteiger partial charge is 0.322 e. The number of benzene rings is 2. The summed E-state index contributed by atoms with van der Waals surface area (Å²) in [4.78, 5) is 28.8. The number of carbonyl (C=O) groups is 1. The number of nitrogens with one attached hydrogen (secondary N) is 1. The van der Waals surface area contributed by atoms with E-state index in [1.807, 2.05) is 0 Å². The fraction of sp³-hybridized carbons (Fsp3) is 0.105. The van der Waals surface area contributed by atoms with Gasteiger partial charge in [0.2, 0.25) is 5.91 Å². The van der Waals surface area contributed by atoms with Gasteiger partial charge in [-0.05, 0) is 18.2 Å². The second-order valence-electron chi connectivity index (χ2n) is 6.36. The molecule has 0 radical (unpaired) electrons. The highest BCUT2D eigenvalue weighted by Crippen LogP contribution is 2.15. The van der Waals surface area contributed by atoms with Crippen molar-refractivity contribution in [2.75, 3.05) is 5.32 Å². The third-order valence-electron chi connectivity index (χ3n) is 4.29. The zero-order chi connectivity index (χ0) is 21.3. The molecule has 0 aliphatic rings. The van der Waals surface area contributed by atoms with E-state index >= 15 is 0 Å². The molecule has 0 aliphatic heterocycles. The summed E-state index contributed by atoms with van der Waals surface area (Å²) < 4.78 is 42.7. The maximum atomic E-state index is 13.9. The Morgan fingerprint density at radius 3 is 2.63 bits per heavy atom. The predicted octanol–water partition coefficient (Wildman–Crippen LogP) is 2.09. The fourth-order valence-corrected chi connectivity index (χ4v) is 2.83. The minimum Gasteiger partial charge on any atom is -0.322 e. The third kappa shape index (κ3) is 3.77. The Morgan fingerprint density at radius 2 is 1.87 bits per heavy atom. The van der Waals surface area contributed by atoms with Crippen LogP contribution in [0.25, 0.3) is 11.2 Å². The zero-order valence-electron chi connectivity index (χ0n) is 15.2. The molecule has 0 spiro atoms. The molecule has 2 aromatic heterocycles. The molecule has 4 aromatic rings. The van der Waals surface area contributed by atoms with Crippen LogP contribution in [0, 0.1) is 17.5 Å². The number of hydrogen-bond acceptors (Lipinski definition) is 5. The van der Waals surface area contributed by atoms with Crippen LogP contribution in [0.5, 0.6) is 0 Å². The number of nitrogens with zero attached hydrogens (tertiary/aromatic N) is 5. The summed E-state index contributed by atoms with van der Waals surface area (Å²) >= 11 is 0. The number of amides is 1. The molecule has 0 atom stereocenters. The monoisotopic (exact) mass is 414 g/mol. The molecule has 1 amide bonds. The summed E-state index contributed by atoms with van der Waals surface area (Å²) in [5.41, 5.74) is -0.496. The van der Waals surface area contributed by atoms with Crippen molar-refractivity contribution in [3.8, 4) is 0 Å². The number of rotatable bonds is 5. The van der Waals surface area contributed by atoms with E-state index in [1.54, 1.807) is 18.2 Å². The van der Waals surface area contributed by atoms with Crippen LogP contribution in [0.4, 0.5) is 18.9 Å². The Hall–Kier alpha value is -4.02. The van der Waals surface area contributed by atoms with Gasteiger partial charge < -0.3 is 5.32 Å². The molecule has 0 saturated heterocycles. The first-order chi connectivity index (χ1) is 14.4. The van der Waals surface area contributed by atoms with E-state index in [9.17, 15) is 22.8 Å². The highest BCUT2D eigenvalue weighted by atomic mass is 19.1. The molecule has 0 unspecified atom stereocenters. The molecule has 152 valence electrons. The van der Waals surface area contributed by atoms with Gasteiger partial charge in [0, 0.05) is 11.6 Å². The van der Waals surface area contributed by atoms with Crippen LogP contribution < -0.4 is 10.9 Å². The number of aromatic nitrogens is 5. The van der Waals surface area contributed by atoms with Gasteiger partial charge in [-0.15, -0.1) is 5.10 Å². The van der Waals surface area contributed by atoms with Crippen molar-refractivity contribution in [3.63, 3.8) is 0 Å². The predicted molar refractivity (Wildman–Crippen MR) is 100 cm³/mol. The van der Waals surface area contributed by atoms with Crippen molar-refractivity contribution in [1.82, 2.24) is 24.5 Å². The van der Waals surface area contributed by atoms with Gasteiger partial charge in [0.05, 0.1) is 12.2 Å². The van der Waals surface area contributed by atoms with Gasteiger partial charge in [-0.1, -0.05) is 23.4 Å². The Morgan fingerprint density at radius 1 is 1.07 bits per heavy atom. The molecule has 11 heteroatoms. The molecule has 2 heterocycles. The van der Waals surface area contributed by atoms with E-state index in [4.69, 9.17) is 0 Å². The summed E-state index contributed by atoms with van der Waals surface area (Å²) in [5, 5.41) is 9.87. The van der Waals surface area contributed by atoms with Gasteiger partial charge in [-0.3, -0.25) is 14.2 Å². The molecule has 0 fully saturated rings. The average Bonchev–Trinajstić information content (AvgIpc) is 3.12. The maximum absolute atomic E-state index is 13.9. The molecule has 0 bridgehead atoms. The van der Waals surface area contributed by atoms with Crippen LogP contribution in [-0.2, 0) is 17.9 Å². The van der Waals surface area contributed by atoms with E-state index in [0.29, 0.717) is 11.6 Å². The topological polar surface area (TPSA) is 94.7 Å². The molecule has 4 rings (SSSR count). The lowest BCUT2D eigenvalue weighted by atomic mass is 10.2. The number of hydrogen-bond donors (Lipinski definition) is 1. The SMILES string of the molecule is O=C(Cn1cnc2c(nnn2Cc2ccccc2F)c1=O)Nc1ccc(F)cc1F. The maximum Gasteiger partial charge on any atom is 0.283 e. The smallest absolute Gasteiger partial charge is 0.283 e. The summed E-state index contributed by atoms with van der Waals surface area (Å²) in [7, 11) is 0. The molecule has 1 N–H and O–H groups in total. The number of halogens is 3. The number of fused-ring (bicyclic) bond motifs is 1. The van der Waals surface area contributed by atoms with Crippen LogP contribution >= 0.6 is 0 Å². The Labute approximate surface area is 166 Å². The van der Waals surface area contributed by atoms with E-state index < -0.39 is 35.5 Å². The summed E-state index contributed by atoms with van der Waals surface area (Å²) in [6.45, 7) is -0.456. The number of anilines is 1. The van der Waals surface area contributed by atoms with E-state index in [-0.39, 0.29) is 23.4 Å². The van der Waals surface area contributed by atoms with Crippen molar-refractivity contribution in [3.05, 3.63) is 82.2 Å². The minimum absolute atomic E-state index is 0.0178. The summed E-state index contributed by atoms with van der Waals surface area (Å²) in [6, 6.07) is 8.79. The van der Waals surface area contributed by atoms with Crippen molar-refractivity contribution in [2.24, 2.45) is 0 Å². The van der Waals surface area contributed by atoms with Crippen LogP contribution in [0.2, 0.25) is 0 Å². The number of carbonyl (C=O) groups excluding carboxylic acids is 1. The molecular weight excluding hydrogens is 401 g/mol. The summed E-state index contributed by atoms with van der Waals surface area (Å²) in [6.07, 6.45) is 1.12. The molecular formula is C19H13F3N6O2. The van der Waals surface area contributed by atoms with Crippen LogP contribution in [0.3, 0.4) is 0 Å². The van der Waals surface area contributed by atoms with E-state index in [1.165, 1.54) is 10.7 Å². The molecule has 8 nitrogen and oxygen atoms in total. The lowest BCUT2D eigenvalue weighted by Gasteiger charge is -2.08. The van der Waals surface area contributed by atoms with Gasteiger partial charge >= 0.3 is 0 Å². The minimum atomic E-state index is -0.944. The third-order valence-corrected chi connectivity index (χ3v) is 4.29. The standard InChI is InChI=1S/C19H13F3N6O2/c20-12-5-6-15(14(22)7-12)24-16(29)9-27-10-23-18-17(19(27)30)25-26-28(18)8-11-3-1-2-4-13(11)21/h1-7,10H,8-9H2,(H,24,29). The molecule has 0 aliphatic carbocycles. The zero-order valence-corrected chi connectivity index (χ0v) is 15.2. The van der Waals surface area contributed by atoms with E-state index in [2.05, 4.69) is 20.6 Å².